The van der Waals surface area contributed by atoms with E-state index in [2.05, 4.69) is 0 Å². The molecule has 2 nitrogen and oxygen atoms in total. The molecule has 0 atom stereocenters. The molecule has 1 heterocycles. The summed E-state index contributed by atoms with van der Waals surface area (Å²) in [6, 6.07) is 4.31. The third-order valence-electron chi connectivity index (χ3n) is 3.80. The number of alkyl halides is 4. The SMILES string of the molecule is CN(CC1CCOCC1)c1ccc(CCl)cc1C(F)(F)F. The van der Waals surface area contributed by atoms with Crippen LogP contribution >= 0.6 is 11.6 Å². The molecule has 0 radical (unpaired) electrons. The maximum Gasteiger partial charge on any atom is 0.418 e. The predicted molar refractivity (Wildman–Crippen MR) is 77.8 cm³/mol. The van der Waals surface area contributed by atoms with Crippen LogP contribution in [0.3, 0.4) is 0 Å². The molecule has 21 heavy (non-hydrogen) atoms. The summed E-state index contributed by atoms with van der Waals surface area (Å²) < 4.78 is 44.9. The van der Waals surface area contributed by atoms with Crippen molar-refractivity contribution in [3.8, 4) is 0 Å². The first kappa shape index (κ1) is 16.4. The minimum Gasteiger partial charge on any atom is -0.381 e. The van der Waals surface area contributed by atoms with E-state index in [9.17, 15) is 13.2 Å². The second-order valence-corrected chi connectivity index (χ2v) is 5.69. The molecule has 6 heteroatoms. The lowest BCUT2D eigenvalue weighted by Gasteiger charge is -2.30. The normalized spacial score (nSPS) is 17.0. The summed E-state index contributed by atoms with van der Waals surface area (Å²) in [7, 11) is 1.71. The van der Waals surface area contributed by atoms with E-state index in [4.69, 9.17) is 16.3 Å². The summed E-state index contributed by atoms with van der Waals surface area (Å²) in [5, 5.41) is 0. The average molecular weight is 322 g/mol. The van der Waals surface area contributed by atoms with Crippen molar-refractivity contribution in [2.45, 2.75) is 24.9 Å². The van der Waals surface area contributed by atoms with E-state index >= 15 is 0 Å². The molecule has 0 N–H and O–H groups in total. The highest BCUT2D eigenvalue weighted by Gasteiger charge is 2.35. The van der Waals surface area contributed by atoms with E-state index in [0.717, 1.165) is 18.9 Å². The first-order valence-electron chi connectivity index (χ1n) is 6.96. The van der Waals surface area contributed by atoms with Gasteiger partial charge in [0.15, 0.2) is 0 Å². The van der Waals surface area contributed by atoms with Crippen molar-refractivity contribution in [2.75, 3.05) is 31.7 Å². The number of hydrogen-bond donors (Lipinski definition) is 0. The van der Waals surface area contributed by atoms with Crippen molar-refractivity contribution in [3.63, 3.8) is 0 Å². The number of halogens is 4. The molecule has 118 valence electrons. The zero-order chi connectivity index (χ0) is 15.5. The Morgan fingerprint density at radius 2 is 1.95 bits per heavy atom. The smallest absolute Gasteiger partial charge is 0.381 e. The average Bonchev–Trinajstić information content (AvgIpc) is 2.46. The summed E-state index contributed by atoms with van der Waals surface area (Å²) in [5.41, 5.74) is 0.0743. The van der Waals surface area contributed by atoms with E-state index in [1.54, 1.807) is 18.0 Å². The summed E-state index contributed by atoms with van der Waals surface area (Å²) in [4.78, 5) is 1.69. The van der Waals surface area contributed by atoms with Gasteiger partial charge in [-0.1, -0.05) is 6.07 Å². The maximum absolute atomic E-state index is 13.2. The van der Waals surface area contributed by atoms with Gasteiger partial charge in [-0.05, 0) is 36.5 Å². The molecule has 1 fully saturated rings. The number of ether oxygens (including phenoxy) is 1. The fourth-order valence-electron chi connectivity index (χ4n) is 2.64. The van der Waals surface area contributed by atoms with Crippen molar-refractivity contribution in [1.82, 2.24) is 0 Å². The van der Waals surface area contributed by atoms with Crippen LogP contribution in [0.15, 0.2) is 18.2 Å². The van der Waals surface area contributed by atoms with Crippen molar-refractivity contribution < 1.29 is 17.9 Å². The van der Waals surface area contributed by atoms with Crippen molar-refractivity contribution in [1.29, 1.82) is 0 Å². The van der Waals surface area contributed by atoms with Crippen LogP contribution in [0.1, 0.15) is 24.0 Å². The van der Waals surface area contributed by atoms with Gasteiger partial charge in [-0.25, -0.2) is 0 Å². The Kier molecular flexibility index (Phi) is 5.38. The lowest BCUT2D eigenvalue weighted by atomic mass is 9.99. The number of nitrogens with zero attached hydrogens (tertiary/aromatic N) is 1. The third-order valence-corrected chi connectivity index (χ3v) is 4.11. The number of hydrogen-bond acceptors (Lipinski definition) is 2. The summed E-state index contributed by atoms with van der Waals surface area (Å²) in [6.45, 7) is 1.98. The molecule has 1 saturated heterocycles. The van der Waals surface area contributed by atoms with E-state index in [1.165, 1.54) is 6.07 Å². The highest BCUT2D eigenvalue weighted by molar-refractivity contribution is 6.17. The lowest BCUT2D eigenvalue weighted by Crippen LogP contribution is -2.31. The second kappa shape index (κ2) is 6.88. The van der Waals surface area contributed by atoms with Gasteiger partial charge in [0, 0.05) is 38.4 Å². The standard InChI is InChI=1S/C15H19ClF3NO/c1-20(10-11-4-6-21-7-5-11)14-3-2-12(9-16)8-13(14)15(17,18)19/h2-3,8,11H,4-7,9-10H2,1H3. The molecule has 0 aromatic heterocycles. The minimum absolute atomic E-state index is 0.0764. The topological polar surface area (TPSA) is 12.5 Å². The van der Waals surface area contributed by atoms with Crippen LogP contribution in [-0.4, -0.2) is 26.8 Å². The largest absolute Gasteiger partial charge is 0.418 e. The lowest BCUT2D eigenvalue weighted by molar-refractivity contribution is -0.137. The van der Waals surface area contributed by atoms with Gasteiger partial charge < -0.3 is 9.64 Å². The zero-order valence-electron chi connectivity index (χ0n) is 11.9. The van der Waals surface area contributed by atoms with Gasteiger partial charge in [0.1, 0.15) is 0 Å². The molecule has 0 spiro atoms. The monoisotopic (exact) mass is 321 g/mol. The Hall–Kier alpha value is -0.940. The predicted octanol–water partition coefficient (Wildman–Crippen LogP) is 4.31. The van der Waals surface area contributed by atoms with Gasteiger partial charge in [0.05, 0.1) is 5.56 Å². The molecule has 0 amide bonds. The van der Waals surface area contributed by atoms with Gasteiger partial charge in [0.25, 0.3) is 0 Å². The van der Waals surface area contributed by atoms with E-state index in [0.29, 0.717) is 31.2 Å². The van der Waals surface area contributed by atoms with Gasteiger partial charge in [-0.15, -0.1) is 11.6 Å². The van der Waals surface area contributed by atoms with Gasteiger partial charge in [-0.3, -0.25) is 0 Å². The number of anilines is 1. The van der Waals surface area contributed by atoms with Crippen LogP contribution in [0, 0.1) is 5.92 Å². The van der Waals surface area contributed by atoms with Crippen LogP contribution in [-0.2, 0) is 16.8 Å². The van der Waals surface area contributed by atoms with E-state index < -0.39 is 11.7 Å². The van der Waals surface area contributed by atoms with Crippen LogP contribution in [0.4, 0.5) is 18.9 Å². The number of benzene rings is 1. The number of rotatable bonds is 4. The van der Waals surface area contributed by atoms with Gasteiger partial charge in [-0.2, -0.15) is 13.2 Å². The van der Waals surface area contributed by atoms with E-state index in [-0.39, 0.29) is 11.6 Å². The fraction of sp³-hybridized carbons (Fsp3) is 0.600. The first-order chi connectivity index (χ1) is 9.91. The Labute approximate surface area is 127 Å². The molecule has 2 rings (SSSR count). The van der Waals surface area contributed by atoms with Crippen molar-refractivity contribution >= 4 is 17.3 Å². The Bertz CT molecular complexity index is 472. The summed E-state index contributed by atoms with van der Waals surface area (Å²) in [5.74, 6) is 0.449. The van der Waals surface area contributed by atoms with Crippen molar-refractivity contribution in [3.05, 3.63) is 29.3 Å². The molecular formula is C15H19ClF3NO. The molecule has 0 saturated carbocycles. The van der Waals surface area contributed by atoms with Gasteiger partial charge in [0.2, 0.25) is 0 Å². The van der Waals surface area contributed by atoms with Crippen LogP contribution < -0.4 is 4.90 Å². The maximum atomic E-state index is 13.2. The molecule has 0 aliphatic carbocycles. The van der Waals surface area contributed by atoms with E-state index in [1.807, 2.05) is 0 Å². The quantitative estimate of drug-likeness (QED) is 0.766. The third kappa shape index (κ3) is 4.27. The molecule has 1 aliphatic rings. The Morgan fingerprint density at radius 1 is 1.29 bits per heavy atom. The highest BCUT2D eigenvalue weighted by atomic mass is 35.5. The fourth-order valence-corrected chi connectivity index (χ4v) is 2.81. The summed E-state index contributed by atoms with van der Waals surface area (Å²) >= 11 is 5.64. The van der Waals surface area contributed by atoms with Crippen LogP contribution in [0.5, 0.6) is 0 Å². The Morgan fingerprint density at radius 3 is 2.52 bits per heavy atom. The molecule has 1 aromatic carbocycles. The molecule has 0 bridgehead atoms. The molecular weight excluding hydrogens is 303 g/mol. The van der Waals surface area contributed by atoms with Crippen LogP contribution in [0.25, 0.3) is 0 Å². The molecule has 1 aromatic rings. The van der Waals surface area contributed by atoms with Crippen LogP contribution in [0.2, 0.25) is 0 Å². The minimum atomic E-state index is -4.37. The molecule has 1 aliphatic heterocycles. The first-order valence-corrected chi connectivity index (χ1v) is 7.50. The van der Waals surface area contributed by atoms with Crippen molar-refractivity contribution in [2.24, 2.45) is 5.92 Å². The van der Waals surface area contributed by atoms with Gasteiger partial charge >= 0.3 is 6.18 Å². The zero-order valence-corrected chi connectivity index (χ0v) is 12.7. The Balaban J connectivity index is 2.20. The highest BCUT2D eigenvalue weighted by Crippen LogP contribution is 2.37. The second-order valence-electron chi connectivity index (χ2n) is 5.42. The molecule has 0 unspecified atom stereocenters. The summed E-state index contributed by atoms with van der Waals surface area (Å²) in [6.07, 6.45) is -2.59.